The zero-order valence-corrected chi connectivity index (χ0v) is 25.8. The zero-order chi connectivity index (χ0) is 32.0. The van der Waals surface area contributed by atoms with Gasteiger partial charge in [-0.1, -0.05) is 6.07 Å². The first kappa shape index (κ1) is 28.9. The highest BCUT2D eigenvalue weighted by Gasteiger charge is 2.60. The maximum atomic E-state index is 15.9. The van der Waals surface area contributed by atoms with E-state index in [2.05, 4.69) is 19.9 Å². The van der Waals surface area contributed by atoms with Crippen LogP contribution in [-0.4, -0.2) is 54.6 Å². The predicted molar refractivity (Wildman–Crippen MR) is 163 cm³/mol. The molecule has 4 aromatic rings. The molecule has 10 nitrogen and oxygen atoms in total. The lowest BCUT2D eigenvalue weighted by Gasteiger charge is -2.42. The summed E-state index contributed by atoms with van der Waals surface area (Å²) in [6.07, 6.45) is 9.46. The minimum atomic E-state index is -3.14. The molecule has 0 bridgehead atoms. The summed E-state index contributed by atoms with van der Waals surface area (Å²) in [7, 11) is 1.55. The van der Waals surface area contributed by atoms with E-state index in [0.29, 0.717) is 53.7 Å². The molecule has 3 aromatic heterocycles. The van der Waals surface area contributed by atoms with Crippen LogP contribution in [0.2, 0.25) is 0 Å². The number of methoxy groups -OCH3 is 1. The lowest BCUT2D eigenvalue weighted by molar-refractivity contribution is -0.121. The van der Waals surface area contributed by atoms with E-state index in [1.54, 1.807) is 34.9 Å². The van der Waals surface area contributed by atoms with E-state index in [1.807, 2.05) is 11.8 Å². The fraction of sp³-hybridized carbons (Fsp3) is 0.455. The maximum Gasteiger partial charge on any atom is 0.288 e. The number of likely N-dealkylation sites (N-methyl/N-ethyl adjacent to an activating group) is 1. The van der Waals surface area contributed by atoms with Gasteiger partial charge in [-0.15, -0.1) is 0 Å². The van der Waals surface area contributed by atoms with Crippen molar-refractivity contribution in [2.45, 2.75) is 82.3 Å². The third kappa shape index (κ3) is 4.61. The molecule has 0 atom stereocenters. The Morgan fingerprint density at radius 1 is 1.09 bits per heavy atom. The van der Waals surface area contributed by atoms with Gasteiger partial charge in [0, 0.05) is 38.2 Å². The Hall–Kier alpha value is -4.55. The number of hydrogen-bond acceptors (Lipinski definition) is 8. The largest absolute Gasteiger partial charge is 0.480 e. The van der Waals surface area contributed by atoms with Crippen molar-refractivity contribution in [3.8, 4) is 28.7 Å². The minimum Gasteiger partial charge on any atom is -0.480 e. The molecule has 4 heterocycles. The number of anilines is 2. The number of ether oxygens (including phenoxy) is 1. The van der Waals surface area contributed by atoms with Gasteiger partial charge in [0.05, 0.1) is 24.6 Å². The number of carbonyl (C=O) groups is 1. The summed E-state index contributed by atoms with van der Waals surface area (Å²) < 4.78 is 51.5. The molecule has 0 unspecified atom stereocenters. The lowest BCUT2D eigenvalue weighted by Crippen LogP contribution is -2.55. The number of carbonyl (C=O) groups excluding carboxylic acids is 1. The summed E-state index contributed by atoms with van der Waals surface area (Å²) in [5, 5.41) is 0. The van der Waals surface area contributed by atoms with Gasteiger partial charge in [-0.25, -0.2) is 29.3 Å². The van der Waals surface area contributed by atoms with Gasteiger partial charge < -0.3 is 19.1 Å². The molecule has 4 aliphatic rings. The minimum absolute atomic E-state index is 0.0327. The molecular formula is C33H33F3N8O2. The Morgan fingerprint density at radius 3 is 2.50 bits per heavy atom. The van der Waals surface area contributed by atoms with E-state index in [9.17, 15) is 13.6 Å². The summed E-state index contributed by atoms with van der Waals surface area (Å²) in [6.45, 7) is 3.37. The number of benzene rings is 1. The van der Waals surface area contributed by atoms with Crippen molar-refractivity contribution in [1.82, 2.24) is 29.5 Å². The second-order valence-electron chi connectivity index (χ2n) is 12.8. The maximum absolute atomic E-state index is 15.9. The molecule has 0 radical (unpaired) electrons. The molecule has 46 heavy (non-hydrogen) atoms. The number of halogens is 3. The van der Waals surface area contributed by atoms with Crippen molar-refractivity contribution in [2.24, 2.45) is 0 Å². The topological polar surface area (TPSA) is 102 Å². The second kappa shape index (κ2) is 10.2. The summed E-state index contributed by atoms with van der Waals surface area (Å²) >= 11 is 0. The first-order chi connectivity index (χ1) is 22.1. The van der Waals surface area contributed by atoms with E-state index in [-0.39, 0.29) is 41.5 Å². The standard InChI is InChI=1S/C33H33F3N8O2/c1-4-42-23-14-37-27(25-26(19-6-7-19)38-17-39-30(25)46-3)41-29(23)44(33(11-12-33)31(42)45)15-18-5-10-21(22(34)13-18)28-40-24(32(2,35)36)16-43(28)20-8-9-20/h5,10,13-14,16-17,19-20H,4,6-9,11-12,15H2,1-3H3. The number of fused-ring (bicyclic) bond motifs is 1. The van der Waals surface area contributed by atoms with Gasteiger partial charge in [0.1, 0.15) is 40.5 Å². The highest BCUT2D eigenvalue weighted by Crippen LogP contribution is 2.53. The van der Waals surface area contributed by atoms with Crippen molar-refractivity contribution in [3.63, 3.8) is 0 Å². The van der Waals surface area contributed by atoms with Crippen LogP contribution in [0.3, 0.4) is 0 Å². The Bertz CT molecular complexity index is 1880. The molecule has 8 rings (SSSR count). The van der Waals surface area contributed by atoms with Crippen LogP contribution >= 0.6 is 0 Å². The highest BCUT2D eigenvalue weighted by molar-refractivity contribution is 6.09. The van der Waals surface area contributed by atoms with E-state index in [1.165, 1.54) is 18.6 Å². The molecule has 0 saturated heterocycles. The van der Waals surface area contributed by atoms with Crippen molar-refractivity contribution in [3.05, 3.63) is 59.7 Å². The molecule has 3 saturated carbocycles. The normalized spacial score (nSPS) is 18.7. The van der Waals surface area contributed by atoms with Crippen molar-refractivity contribution < 1.29 is 22.7 Å². The first-order valence-corrected chi connectivity index (χ1v) is 15.7. The molecule has 3 fully saturated rings. The van der Waals surface area contributed by atoms with Crippen LogP contribution in [0, 0.1) is 5.82 Å². The molecule has 1 amide bonds. The van der Waals surface area contributed by atoms with Gasteiger partial charge in [0.15, 0.2) is 11.6 Å². The van der Waals surface area contributed by atoms with Crippen LogP contribution in [0.15, 0.2) is 36.9 Å². The van der Waals surface area contributed by atoms with Gasteiger partial charge in [-0.05, 0) is 63.1 Å². The summed E-state index contributed by atoms with van der Waals surface area (Å²) in [4.78, 5) is 40.3. The van der Waals surface area contributed by atoms with Crippen LogP contribution in [0.1, 0.15) is 81.3 Å². The molecule has 0 N–H and O–H groups in total. The molecule has 238 valence electrons. The molecular weight excluding hydrogens is 597 g/mol. The number of alkyl halides is 2. The van der Waals surface area contributed by atoms with E-state index < -0.39 is 17.3 Å². The van der Waals surface area contributed by atoms with Crippen molar-refractivity contribution in [2.75, 3.05) is 23.5 Å². The summed E-state index contributed by atoms with van der Waals surface area (Å²) in [5.41, 5.74) is 1.65. The Kier molecular flexibility index (Phi) is 6.42. The predicted octanol–water partition coefficient (Wildman–Crippen LogP) is 6.17. The second-order valence-corrected chi connectivity index (χ2v) is 12.8. The van der Waals surface area contributed by atoms with Gasteiger partial charge in [0.25, 0.3) is 11.8 Å². The van der Waals surface area contributed by atoms with Crippen LogP contribution in [0.5, 0.6) is 5.88 Å². The summed E-state index contributed by atoms with van der Waals surface area (Å²) in [5.74, 6) is -1.90. The summed E-state index contributed by atoms with van der Waals surface area (Å²) in [6, 6.07) is 4.79. The Balaban J connectivity index is 1.20. The van der Waals surface area contributed by atoms with Crippen LogP contribution in [0.4, 0.5) is 24.7 Å². The monoisotopic (exact) mass is 630 g/mol. The molecule has 3 aliphatic carbocycles. The third-order valence-corrected chi connectivity index (χ3v) is 9.46. The SMILES string of the molecule is CCN1C(=O)C2(CC2)N(Cc2ccc(-c3nc(C(C)(F)F)cn3C3CC3)c(F)c2)c2nc(-c3c(OC)ncnc3C3CC3)ncc21. The van der Waals surface area contributed by atoms with Crippen LogP contribution < -0.4 is 14.5 Å². The number of nitrogens with zero attached hydrogens (tertiary/aromatic N) is 8. The smallest absolute Gasteiger partial charge is 0.288 e. The average Bonchev–Trinajstić information content (AvgIpc) is 3.92. The number of imidazole rings is 1. The van der Waals surface area contributed by atoms with Gasteiger partial charge in [-0.2, -0.15) is 8.78 Å². The third-order valence-electron chi connectivity index (χ3n) is 9.46. The quantitative estimate of drug-likeness (QED) is 0.216. The Labute approximate surface area is 263 Å². The van der Waals surface area contributed by atoms with E-state index in [0.717, 1.165) is 38.3 Å². The first-order valence-electron chi connectivity index (χ1n) is 15.7. The molecule has 1 aromatic carbocycles. The number of hydrogen-bond donors (Lipinski definition) is 0. The average molecular weight is 631 g/mol. The van der Waals surface area contributed by atoms with Crippen LogP contribution in [-0.2, 0) is 17.3 Å². The highest BCUT2D eigenvalue weighted by atomic mass is 19.3. The number of amides is 1. The fourth-order valence-electron chi connectivity index (χ4n) is 6.57. The fourth-order valence-corrected chi connectivity index (χ4v) is 6.57. The van der Waals surface area contributed by atoms with Gasteiger partial charge in [-0.3, -0.25) is 4.79 Å². The lowest BCUT2D eigenvalue weighted by atomic mass is 10.0. The van der Waals surface area contributed by atoms with Crippen molar-refractivity contribution >= 4 is 17.4 Å². The number of aromatic nitrogens is 6. The number of rotatable bonds is 9. The van der Waals surface area contributed by atoms with Crippen LogP contribution in [0.25, 0.3) is 22.8 Å². The Morgan fingerprint density at radius 2 is 1.87 bits per heavy atom. The van der Waals surface area contributed by atoms with E-state index >= 15 is 4.39 Å². The zero-order valence-electron chi connectivity index (χ0n) is 25.8. The van der Waals surface area contributed by atoms with Crippen molar-refractivity contribution in [1.29, 1.82) is 0 Å². The van der Waals surface area contributed by atoms with Gasteiger partial charge >= 0.3 is 0 Å². The molecule has 1 spiro atoms. The molecule has 1 aliphatic heterocycles. The van der Waals surface area contributed by atoms with Gasteiger partial charge in [0.2, 0.25) is 5.88 Å². The van der Waals surface area contributed by atoms with E-state index in [4.69, 9.17) is 9.72 Å². The molecule has 13 heteroatoms.